The molecule has 2 heterocycles. The van der Waals surface area contributed by atoms with Crippen LogP contribution in [0.3, 0.4) is 0 Å². The number of carbonyl (C=O) groups excluding carboxylic acids is 1. The summed E-state index contributed by atoms with van der Waals surface area (Å²) in [6.45, 7) is 0.274. The van der Waals surface area contributed by atoms with Crippen LogP contribution in [-0.4, -0.2) is 32.2 Å². The van der Waals surface area contributed by atoms with Gasteiger partial charge in [0.1, 0.15) is 12.7 Å². The highest BCUT2D eigenvalue weighted by molar-refractivity contribution is 5.97. The number of halogens is 3. The van der Waals surface area contributed by atoms with Crippen LogP contribution in [0, 0.1) is 0 Å². The maximum Gasteiger partial charge on any atom is 0.416 e. The van der Waals surface area contributed by atoms with Crippen LogP contribution in [0.15, 0.2) is 55.2 Å². The maximum absolute atomic E-state index is 12.5. The van der Waals surface area contributed by atoms with Gasteiger partial charge < -0.3 is 5.32 Å². The predicted octanol–water partition coefficient (Wildman–Crippen LogP) is 2.65. The molecule has 1 aromatic carbocycles. The first-order valence-electron chi connectivity index (χ1n) is 7.69. The summed E-state index contributed by atoms with van der Waals surface area (Å²) in [6, 6.07) is 8.10. The average molecular weight is 361 g/mol. The van der Waals surface area contributed by atoms with Crippen molar-refractivity contribution >= 4 is 5.91 Å². The summed E-state index contributed by atoms with van der Waals surface area (Å²) >= 11 is 0. The second-order valence-corrected chi connectivity index (χ2v) is 5.42. The van der Waals surface area contributed by atoms with Crippen LogP contribution in [0.5, 0.6) is 0 Å². The fourth-order valence-corrected chi connectivity index (χ4v) is 2.35. The molecule has 26 heavy (non-hydrogen) atoms. The monoisotopic (exact) mass is 361 g/mol. The molecule has 134 valence electrons. The van der Waals surface area contributed by atoms with Gasteiger partial charge in [-0.15, -0.1) is 0 Å². The molecular weight excluding hydrogens is 347 g/mol. The number of rotatable bonds is 5. The summed E-state index contributed by atoms with van der Waals surface area (Å²) in [7, 11) is 0. The first kappa shape index (κ1) is 17.6. The smallest absolute Gasteiger partial charge is 0.352 e. The standard InChI is InChI=1S/C17H14F3N5O/c18-17(19,20)13-5-3-12(4-6-13)7-9-23-16(26)14-2-1-8-22-15(14)25-11-21-10-24-25/h1-6,8,10-11H,7,9H2,(H,23,26). The van der Waals surface area contributed by atoms with Crippen LogP contribution in [0.4, 0.5) is 13.2 Å². The first-order chi connectivity index (χ1) is 12.4. The number of benzene rings is 1. The number of nitrogens with zero attached hydrogens (tertiary/aromatic N) is 4. The summed E-state index contributed by atoms with van der Waals surface area (Å²) in [5.41, 5.74) is 0.324. The van der Waals surface area contributed by atoms with Crippen molar-refractivity contribution in [3.63, 3.8) is 0 Å². The molecule has 0 saturated heterocycles. The number of hydrogen-bond donors (Lipinski definition) is 1. The van der Waals surface area contributed by atoms with Gasteiger partial charge in [0.2, 0.25) is 0 Å². The van der Waals surface area contributed by atoms with E-state index < -0.39 is 11.7 Å². The minimum absolute atomic E-state index is 0.274. The van der Waals surface area contributed by atoms with Gasteiger partial charge in [-0.05, 0) is 36.2 Å². The van der Waals surface area contributed by atoms with Gasteiger partial charge >= 0.3 is 6.18 Å². The van der Waals surface area contributed by atoms with E-state index in [2.05, 4.69) is 20.4 Å². The second-order valence-electron chi connectivity index (χ2n) is 5.42. The number of aromatic nitrogens is 4. The normalized spacial score (nSPS) is 11.3. The summed E-state index contributed by atoms with van der Waals surface area (Å²) in [5, 5.41) is 6.69. The molecule has 0 fully saturated rings. The number of nitrogens with one attached hydrogen (secondary N) is 1. The Balaban J connectivity index is 1.62. The maximum atomic E-state index is 12.5. The van der Waals surface area contributed by atoms with Crippen molar-refractivity contribution in [3.8, 4) is 5.82 Å². The van der Waals surface area contributed by atoms with Crippen molar-refractivity contribution < 1.29 is 18.0 Å². The molecule has 0 aliphatic heterocycles. The number of amides is 1. The fourth-order valence-electron chi connectivity index (χ4n) is 2.35. The summed E-state index contributed by atoms with van der Waals surface area (Å²) in [4.78, 5) is 20.3. The van der Waals surface area contributed by atoms with Gasteiger partial charge in [-0.1, -0.05) is 12.1 Å². The Morgan fingerprint density at radius 3 is 2.58 bits per heavy atom. The molecule has 0 atom stereocenters. The highest BCUT2D eigenvalue weighted by Gasteiger charge is 2.29. The minimum atomic E-state index is -4.36. The third kappa shape index (κ3) is 4.05. The molecule has 0 aliphatic rings. The Morgan fingerprint density at radius 2 is 1.92 bits per heavy atom. The molecule has 0 radical (unpaired) electrons. The van der Waals surface area contributed by atoms with Gasteiger partial charge in [-0.2, -0.15) is 18.3 Å². The zero-order chi connectivity index (χ0) is 18.6. The van der Waals surface area contributed by atoms with Crippen molar-refractivity contribution in [2.75, 3.05) is 6.54 Å². The SMILES string of the molecule is O=C(NCCc1ccc(C(F)(F)F)cc1)c1cccnc1-n1cncn1. The van der Waals surface area contributed by atoms with E-state index in [1.54, 1.807) is 12.1 Å². The van der Waals surface area contributed by atoms with E-state index in [-0.39, 0.29) is 12.5 Å². The largest absolute Gasteiger partial charge is 0.416 e. The Hall–Kier alpha value is -3.23. The highest BCUT2D eigenvalue weighted by Crippen LogP contribution is 2.29. The Morgan fingerprint density at radius 1 is 1.15 bits per heavy atom. The molecular formula is C17H14F3N5O. The Bertz CT molecular complexity index is 876. The predicted molar refractivity (Wildman–Crippen MR) is 86.6 cm³/mol. The van der Waals surface area contributed by atoms with Crippen molar-refractivity contribution in [1.82, 2.24) is 25.1 Å². The fraction of sp³-hybridized carbons (Fsp3) is 0.176. The zero-order valence-electron chi connectivity index (χ0n) is 13.4. The number of carbonyl (C=O) groups is 1. The van der Waals surface area contributed by atoms with Crippen LogP contribution in [-0.2, 0) is 12.6 Å². The third-order valence-corrected chi connectivity index (χ3v) is 3.65. The zero-order valence-corrected chi connectivity index (χ0v) is 13.4. The number of hydrogen-bond acceptors (Lipinski definition) is 4. The van der Waals surface area contributed by atoms with E-state index in [0.717, 1.165) is 12.1 Å². The van der Waals surface area contributed by atoms with Gasteiger partial charge in [0, 0.05) is 12.7 Å². The van der Waals surface area contributed by atoms with Crippen molar-refractivity contribution in [2.45, 2.75) is 12.6 Å². The number of alkyl halides is 3. The summed E-state index contributed by atoms with van der Waals surface area (Å²) < 4.78 is 39.0. The van der Waals surface area contributed by atoms with Crippen molar-refractivity contribution in [3.05, 3.63) is 71.9 Å². The highest BCUT2D eigenvalue weighted by atomic mass is 19.4. The second kappa shape index (κ2) is 7.34. The molecule has 3 rings (SSSR count). The summed E-state index contributed by atoms with van der Waals surface area (Å²) in [5.74, 6) is -0.00691. The van der Waals surface area contributed by atoms with E-state index in [4.69, 9.17) is 0 Å². The lowest BCUT2D eigenvalue weighted by molar-refractivity contribution is -0.137. The lowest BCUT2D eigenvalue weighted by atomic mass is 10.1. The molecule has 0 unspecified atom stereocenters. The van der Waals surface area contributed by atoms with E-state index in [1.165, 1.54) is 35.7 Å². The van der Waals surface area contributed by atoms with Gasteiger partial charge in [-0.3, -0.25) is 4.79 Å². The quantitative estimate of drug-likeness (QED) is 0.758. The van der Waals surface area contributed by atoms with Crippen LogP contribution in [0.2, 0.25) is 0 Å². The molecule has 0 spiro atoms. The topological polar surface area (TPSA) is 72.7 Å². The Labute approximate surface area is 146 Å². The van der Waals surface area contributed by atoms with Crippen molar-refractivity contribution in [2.24, 2.45) is 0 Å². The molecule has 0 aliphatic carbocycles. The first-order valence-corrected chi connectivity index (χ1v) is 7.69. The molecule has 1 amide bonds. The lowest BCUT2D eigenvalue weighted by Gasteiger charge is -2.10. The van der Waals surface area contributed by atoms with Crippen LogP contribution < -0.4 is 5.32 Å². The Kier molecular flexibility index (Phi) is 4.97. The van der Waals surface area contributed by atoms with E-state index in [1.807, 2.05) is 0 Å². The van der Waals surface area contributed by atoms with E-state index >= 15 is 0 Å². The van der Waals surface area contributed by atoms with E-state index in [0.29, 0.717) is 23.4 Å². The van der Waals surface area contributed by atoms with Crippen LogP contribution in [0.25, 0.3) is 5.82 Å². The van der Waals surface area contributed by atoms with Gasteiger partial charge in [0.05, 0.1) is 11.1 Å². The lowest BCUT2D eigenvalue weighted by Crippen LogP contribution is -2.27. The van der Waals surface area contributed by atoms with Gasteiger partial charge in [0.25, 0.3) is 5.91 Å². The molecule has 0 bridgehead atoms. The van der Waals surface area contributed by atoms with Crippen LogP contribution in [0.1, 0.15) is 21.5 Å². The minimum Gasteiger partial charge on any atom is -0.352 e. The molecule has 9 heteroatoms. The van der Waals surface area contributed by atoms with Gasteiger partial charge in [-0.25, -0.2) is 14.6 Å². The molecule has 0 saturated carbocycles. The molecule has 6 nitrogen and oxygen atoms in total. The van der Waals surface area contributed by atoms with Gasteiger partial charge in [0.15, 0.2) is 5.82 Å². The molecule has 1 N–H and O–H groups in total. The van der Waals surface area contributed by atoms with Crippen molar-refractivity contribution in [1.29, 1.82) is 0 Å². The molecule has 3 aromatic rings. The average Bonchev–Trinajstić information content (AvgIpc) is 3.16. The van der Waals surface area contributed by atoms with Crippen LogP contribution >= 0.6 is 0 Å². The molecule has 2 aromatic heterocycles. The summed E-state index contributed by atoms with van der Waals surface area (Å²) in [6.07, 6.45) is 0.353. The van der Waals surface area contributed by atoms with E-state index in [9.17, 15) is 18.0 Å². The third-order valence-electron chi connectivity index (χ3n) is 3.65. The number of pyridine rings is 1.